The minimum atomic E-state index is -3.67. The largest absolute Gasteiger partial charge is 0.762 e. The number of ether oxygens (including phenoxy) is 3. The van der Waals surface area contributed by atoms with E-state index in [1.54, 1.807) is 14.2 Å². The second kappa shape index (κ2) is 14.3. The standard InChI is InChI=1S/C6H14O3.BF3/c1-7-3-5-9-6-4-8-2;2-1(3)4/h3-6H2,1-2H3;. The Bertz CT molecular complexity index is 78.8. The van der Waals surface area contributed by atoms with Gasteiger partial charge >= 0.3 is 7.54 Å². The number of rotatable bonds is 6. The highest BCUT2D eigenvalue weighted by molar-refractivity contribution is 6.33. The van der Waals surface area contributed by atoms with Crippen molar-refractivity contribution >= 4 is 7.54 Å². The summed E-state index contributed by atoms with van der Waals surface area (Å²) in [5.74, 6) is 0. The molecule has 0 radical (unpaired) electrons. The summed E-state index contributed by atoms with van der Waals surface area (Å²) < 4.78 is 43.6. The van der Waals surface area contributed by atoms with Gasteiger partial charge in [-0.2, -0.15) is 0 Å². The maximum Gasteiger partial charge on any atom is 0.762 e. The average Bonchev–Trinajstić information content (AvgIpc) is 2.03. The fraction of sp³-hybridized carbons (Fsp3) is 1.00. The Kier molecular flexibility index (Phi) is 16.7. The maximum absolute atomic E-state index is 9.67. The summed E-state index contributed by atoms with van der Waals surface area (Å²) in [4.78, 5) is 0. The van der Waals surface area contributed by atoms with Gasteiger partial charge in [-0.3, -0.25) is 12.9 Å². The first kappa shape index (κ1) is 15.2. The molecule has 0 heterocycles. The van der Waals surface area contributed by atoms with Crippen LogP contribution in [0, 0.1) is 0 Å². The van der Waals surface area contributed by atoms with Gasteiger partial charge < -0.3 is 14.2 Å². The third-order valence-corrected chi connectivity index (χ3v) is 0.864. The lowest BCUT2D eigenvalue weighted by Gasteiger charge is -2.00. The van der Waals surface area contributed by atoms with Gasteiger partial charge in [-0.25, -0.2) is 0 Å². The van der Waals surface area contributed by atoms with E-state index in [-0.39, 0.29) is 0 Å². The number of hydrogen-bond donors (Lipinski definition) is 0. The quantitative estimate of drug-likeness (QED) is 0.478. The molecule has 0 saturated heterocycles. The molecular weight excluding hydrogens is 188 g/mol. The Morgan fingerprint density at radius 2 is 1.15 bits per heavy atom. The van der Waals surface area contributed by atoms with Crippen LogP contribution in [0.4, 0.5) is 12.9 Å². The Morgan fingerprint density at radius 1 is 0.846 bits per heavy atom. The molecule has 80 valence electrons. The van der Waals surface area contributed by atoms with Crippen LogP contribution in [0.5, 0.6) is 0 Å². The van der Waals surface area contributed by atoms with Crippen LogP contribution in [0.15, 0.2) is 0 Å². The van der Waals surface area contributed by atoms with E-state index in [1.807, 2.05) is 0 Å². The summed E-state index contributed by atoms with van der Waals surface area (Å²) in [6, 6.07) is 0. The summed E-state index contributed by atoms with van der Waals surface area (Å²) in [5, 5.41) is 0. The molecule has 0 N–H and O–H groups in total. The molecule has 13 heavy (non-hydrogen) atoms. The highest BCUT2D eigenvalue weighted by Crippen LogP contribution is 1.80. The Hall–Kier alpha value is -0.265. The lowest BCUT2D eigenvalue weighted by atomic mass is 10.5. The van der Waals surface area contributed by atoms with Gasteiger partial charge in [0.25, 0.3) is 0 Å². The zero-order chi connectivity index (χ0) is 10.5. The molecule has 0 bridgehead atoms. The van der Waals surface area contributed by atoms with E-state index in [1.165, 1.54) is 0 Å². The first-order valence-corrected chi connectivity index (χ1v) is 3.63. The molecule has 0 aromatic carbocycles. The second-order valence-electron chi connectivity index (χ2n) is 1.85. The van der Waals surface area contributed by atoms with Crippen LogP contribution in [0.25, 0.3) is 0 Å². The summed E-state index contributed by atoms with van der Waals surface area (Å²) >= 11 is 0. The topological polar surface area (TPSA) is 27.7 Å². The zero-order valence-corrected chi connectivity index (χ0v) is 7.76. The van der Waals surface area contributed by atoms with Gasteiger partial charge in [0.05, 0.1) is 26.4 Å². The third kappa shape index (κ3) is 33.8. The molecule has 0 amide bonds. The second-order valence-corrected chi connectivity index (χ2v) is 1.85. The van der Waals surface area contributed by atoms with E-state index in [0.29, 0.717) is 26.4 Å². The predicted octanol–water partition coefficient (Wildman–Crippen LogP) is 1.18. The van der Waals surface area contributed by atoms with E-state index in [9.17, 15) is 12.9 Å². The van der Waals surface area contributed by atoms with Crippen molar-refractivity contribution in [1.82, 2.24) is 0 Å². The molecule has 0 spiro atoms. The average molecular weight is 202 g/mol. The van der Waals surface area contributed by atoms with Crippen LogP contribution in [-0.2, 0) is 14.2 Å². The van der Waals surface area contributed by atoms with Crippen LogP contribution < -0.4 is 0 Å². The fourth-order valence-electron chi connectivity index (χ4n) is 0.387. The van der Waals surface area contributed by atoms with E-state index >= 15 is 0 Å². The zero-order valence-electron chi connectivity index (χ0n) is 7.76. The highest BCUT2D eigenvalue weighted by Gasteiger charge is 2.06. The Balaban J connectivity index is 0. The van der Waals surface area contributed by atoms with E-state index in [4.69, 9.17) is 14.2 Å². The van der Waals surface area contributed by atoms with Gasteiger partial charge in [-0.15, -0.1) is 0 Å². The van der Waals surface area contributed by atoms with Gasteiger partial charge in [0.15, 0.2) is 0 Å². The number of hydrogen-bond acceptors (Lipinski definition) is 3. The van der Waals surface area contributed by atoms with E-state index < -0.39 is 7.54 Å². The van der Waals surface area contributed by atoms with Crippen LogP contribution in [0.3, 0.4) is 0 Å². The molecule has 0 fully saturated rings. The van der Waals surface area contributed by atoms with Gasteiger partial charge in [0.1, 0.15) is 0 Å². The SMILES string of the molecule is COCCOCCOC.FB(F)F. The smallest absolute Gasteiger partial charge is 0.382 e. The number of methoxy groups -OCH3 is 2. The minimum absolute atomic E-state index is 0.653. The van der Waals surface area contributed by atoms with Crippen molar-refractivity contribution < 1.29 is 27.2 Å². The molecule has 3 nitrogen and oxygen atoms in total. The Morgan fingerprint density at radius 3 is 1.38 bits per heavy atom. The van der Waals surface area contributed by atoms with Crippen molar-refractivity contribution in [2.45, 2.75) is 0 Å². The Labute approximate surface area is 76.4 Å². The highest BCUT2D eigenvalue weighted by atomic mass is 19.4. The predicted molar refractivity (Wildman–Crippen MR) is 43.6 cm³/mol. The normalized spacial score (nSPS) is 9.00. The van der Waals surface area contributed by atoms with Gasteiger partial charge in [0, 0.05) is 14.2 Å². The summed E-state index contributed by atoms with van der Waals surface area (Å²) in [6.07, 6.45) is 0. The molecule has 0 aromatic heterocycles. The van der Waals surface area contributed by atoms with Crippen LogP contribution in [-0.4, -0.2) is 48.2 Å². The van der Waals surface area contributed by atoms with Gasteiger partial charge in [0.2, 0.25) is 0 Å². The molecule has 0 aromatic rings. The molecule has 0 rings (SSSR count). The lowest BCUT2D eigenvalue weighted by molar-refractivity contribution is 0.0385. The fourth-order valence-corrected chi connectivity index (χ4v) is 0.387. The maximum atomic E-state index is 9.67. The third-order valence-electron chi connectivity index (χ3n) is 0.864. The molecule has 0 saturated carbocycles. The van der Waals surface area contributed by atoms with Gasteiger partial charge in [-0.05, 0) is 0 Å². The van der Waals surface area contributed by atoms with Crippen molar-refractivity contribution in [1.29, 1.82) is 0 Å². The summed E-state index contributed by atoms with van der Waals surface area (Å²) in [6.45, 7) is 2.62. The van der Waals surface area contributed by atoms with Crippen molar-refractivity contribution in [3.8, 4) is 0 Å². The molecule has 0 aliphatic heterocycles. The molecular formula is C6H14BF3O3. The van der Waals surface area contributed by atoms with Crippen molar-refractivity contribution in [3.05, 3.63) is 0 Å². The van der Waals surface area contributed by atoms with Crippen molar-refractivity contribution in [2.24, 2.45) is 0 Å². The van der Waals surface area contributed by atoms with Crippen molar-refractivity contribution in [2.75, 3.05) is 40.6 Å². The molecule has 0 aliphatic carbocycles. The summed E-state index contributed by atoms with van der Waals surface area (Å²) in [5.41, 5.74) is 0. The summed E-state index contributed by atoms with van der Waals surface area (Å²) in [7, 11) is -0.362. The van der Waals surface area contributed by atoms with Crippen LogP contribution >= 0.6 is 0 Å². The van der Waals surface area contributed by atoms with Crippen LogP contribution in [0.2, 0.25) is 0 Å². The first-order chi connectivity index (χ1) is 6.15. The van der Waals surface area contributed by atoms with Gasteiger partial charge in [-0.1, -0.05) is 0 Å². The molecule has 0 aliphatic rings. The first-order valence-electron chi connectivity index (χ1n) is 3.63. The minimum Gasteiger partial charge on any atom is -0.382 e. The monoisotopic (exact) mass is 202 g/mol. The molecule has 0 atom stereocenters. The van der Waals surface area contributed by atoms with Crippen molar-refractivity contribution in [3.63, 3.8) is 0 Å². The molecule has 7 heteroatoms. The van der Waals surface area contributed by atoms with Crippen LogP contribution in [0.1, 0.15) is 0 Å². The number of halogens is 3. The van der Waals surface area contributed by atoms with E-state index in [2.05, 4.69) is 0 Å². The lowest BCUT2D eigenvalue weighted by Crippen LogP contribution is -2.06. The van der Waals surface area contributed by atoms with E-state index in [0.717, 1.165) is 0 Å². The molecule has 0 unspecified atom stereocenters.